The number of hydrogen-bond donors (Lipinski definition) is 0. The second-order valence-electron chi connectivity index (χ2n) is 8.01. The summed E-state index contributed by atoms with van der Waals surface area (Å²) in [5.41, 5.74) is 3.33. The molecule has 2 aromatic rings. The molecule has 1 aliphatic heterocycles. The van der Waals surface area contributed by atoms with Gasteiger partial charge in [-0.25, -0.2) is 8.78 Å². The van der Waals surface area contributed by atoms with E-state index in [1.165, 1.54) is 49.2 Å². The lowest BCUT2D eigenvalue weighted by molar-refractivity contribution is 0.00812. The van der Waals surface area contributed by atoms with Gasteiger partial charge in [-0.15, -0.1) is 0 Å². The van der Waals surface area contributed by atoms with E-state index in [1.54, 1.807) is 7.11 Å². The van der Waals surface area contributed by atoms with Gasteiger partial charge in [-0.05, 0) is 79.4 Å². The quantitative estimate of drug-likeness (QED) is 0.670. The normalized spacial score (nSPS) is 24.0. The summed E-state index contributed by atoms with van der Waals surface area (Å²) in [6.45, 7) is 3.47. The molecule has 4 heteroatoms. The first-order valence-corrected chi connectivity index (χ1v) is 9.92. The molecule has 1 saturated carbocycles. The number of likely N-dealkylation sites (tertiary alicyclic amines) is 1. The van der Waals surface area contributed by atoms with Crippen LogP contribution in [0.5, 0.6) is 0 Å². The Morgan fingerprint density at radius 3 is 2.22 bits per heavy atom. The van der Waals surface area contributed by atoms with Gasteiger partial charge in [0.15, 0.2) is 0 Å². The minimum absolute atomic E-state index is 0.249. The third-order valence-electron chi connectivity index (χ3n) is 6.13. The molecule has 1 atom stereocenters. The van der Waals surface area contributed by atoms with Crippen LogP contribution in [0, 0.1) is 17.6 Å². The number of ether oxygens (including phenoxy) is 1. The highest BCUT2D eigenvalue weighted by atomic mass is 19.1. The van der Waals surface area contributed by atoms with Crippen LogP contribution < -0.4 is 0 Å². The standard InChI is InChI=1S/C23H27F2NO/c1-27-23(20-12-21(24)14-22(25)13-20)19-10-18(11-19)17-6-4-16(5-7-17)15-26-8-2-3-9-26/h4-7,12-14,18-19,23H,2-3,8-11,15H2,1H3. The Morgan fingerprint density at radius 2 is 1.63 bits per heavy atom. The number of rotatable bonds is 6. The van der Waals surface area contributed by atoms with Crippen molar-refractivity contribution in [1.82, 2.24) is 4.90 Å². The molecule has 1 heterocycles. The number of halogens is 2. The largest absolute Gasteiger partial charge is 0.376 e. The summed E-state index contributed by atoms with van der Waals surface area (Å²) in [5, 5.41) is 0. The first-order chi connectivity index (χ1) is 13.1. The van der Waals surface area contributed by atoms with Crippen LogP contribution in [-0.4, -0.2) is 25.1 Å². The highest BCUT2D eigenvalue weighted by Gasteiger charge is 2.37. The Bertz CT molecular complexity index is 744. The summed E-state index contributed by atoms with van der Waals surface area (Å²) in [4.78, 5) is 2.51. The molecule has 0 spiro atoms. The third-order valence-corrected chi connectivity index (χ3v) is 6.13. The highest BCUT2D eigenvalue weighted by molar-refractivity contribution is 5.29. The molecule has 0 radical (unpaired) electrons. The van der Waals surface area contributed by atoms with Crippen LogP contribution in [-0.2, 0) is 11.3 Å². The van der Waals surface area contributed by atoms with E-state index in [1.807, 2.05) is 0 Å². The van der Waals surface area contributed by atoms with Crippen molar-refractivity contribution in [1.29, 1.82) is 0 Å². The molecule has 0 amide bonds. The van der Waals surface area contributed by atoms with Gasteiger partial charge in [0.2, 0.25) is 0 Å². The molecule has 0 N–H and O–H groups in total. The zero-order chi connectivity index (χ0) is 18.8. The van der Waals surface area contributed by atoms with Gasteiger partial charge in [0.05, 0.1) is 6.10 Å². The predicted molar refractivity (Wildman–Crippen MR) is 103 cm³/mol. The molecule has 0 aromatic heterocycles. The van der Waals surface area contributed by atoms with Crippen LogP contribution in [0.1, 0.15) is 54.4 Å². The van der Waals surface area contributed by atoms with Crippen LogP contribution >= 0.6 is 0 Å². The van der Waals surface area contributed by atoms with E-state index in [0.29, 0.717) is 17.4 Å². The Hall–Kier alpha value is -1.78. The SMILES string of the molecule is COC(c1cc(F)cc(F)c1)C1CC(c2ccc(CN3CCCC3)cc2)C1. The fourth-order valence-corrected chi connectivity index (χ4v) is 4.62. The number of benzene rings is 2. The van der Waals surface area contributed by atoms with Gasteiger partial charge in [-0.1, -0.05) is 24.3 Å². The lowest BCUT2D eigenvalue weighted by atomic mass is 9.68. The molecule has 144 valence electrons. The van der Waals surface area contributed by atoms with Crippen LogP contribution in [0.3, 0.4) is 0 Å². The van der Waals surface area contributed by atoms with Gasteiger partial charge in [0.25, 0.3) is 0 Å². The van der Waals surface area contributed by atoms with Gasteiger partial charge in [0.1, 0.15) is 11.6 Å². The molecule has 0 bridgehead atoms. The summed E-state index contributed by atoms with van der Waals surface area (Å²) in [7, 11) is 1.62. The van der Waals surface area contributed by atoms with Crippen molar-refractivity contribution in [2.45, 2.75) is 44.2 Å². The van der Waals surface area contributed by atoms with Gasteiger partial charge in [-0.2, -0.15) is 0 Å². The minimum Gasteiger partial charge on any atom is -0.376 e. The number of hydrogen-bond acceptors (Lipinski definition) is 2. The van der Waals surface area contributed by atoms with Crippen LogP contribution in [0.2, 0.25) is 0 Å². The maximum absolute atomic E-state index is 13.5. The Morgan fingerprint density at radius 1 is 1.00 bits per heavy atom. The lowest BCUT2D eigenvalue weighted by Gasteiger charge is -2.40. The maximum atomic E-state index is 13.5. The van der Waals surface area contributed by atoms with Gasteiger partial charge >= 0.3 is 0 Å². The van der Waals surface area contributed by atoms with E-state index in [4.69, 9.17) is 4.74 Å². The molecular formula is C23H27F2NO. The van der Waals surface area contributed by atoms with Crippen LogP contribution in [0.25, 0.3) is 0 Å². The Balaban J connectivity index is 1.36. The van der Waals surface area contributed by atoms with E-state index in [2.05, 4.69) is 29.2 Å². The van der Waals surface area contributed by atoms with E-state index in [0.717, 1.165) is 25.5 Å². The monoisotopic (exact) mass is 371 g/mol. The number of nitrogens with zero attached hydrogens (tertiary/aromatic N) is 1. The van der Waals surface area contributed by atoms with E-state index in [9.17, 15) is 8.78 Å². The molecule has 2 fully saturated rings. The van der Waals surface area contributed by atoms with Gasteiger partial charge in [-0.3, -0.25) is 4.90 Å². The third kappa shape index (κ3) is 4.22. The maximum Gasteiger partial charge on any atom is 0.126 e. The summed E-state index contributed by atoms with van der Waals surface area (Å²) in [6, 6.07) is 12.7. The summed E-state index contributed by atoms with van der Waals surface area (Å²) in [5.74, 6) is -0.287. The molecule has 1 saturated heterocycles. The molecule has 4 rings (SSSR count). The molecule has 1 aliphatic carbocycles. The minimum atomic E-state index is -0.545. The second-order valence-corrected chi connectivity index (χ2v) is 8.01. The summed E-state index contributed by atoms with van der Waals surface area (Å²) >= 11 is 0. The molecule has 2 nitrogen and oxygen atoms in total. The lowest BCUT2D eigenvalue weighted by Crippen LogP contribution is -2.28. The first-order valence-electron chi connectivity index (χ1n) is 9.92. The average Bonchev–Trinajstić information content (AvgIpc) is 3.11. The second kappa shape index (κ2) is 8.07. The predicted octanol–water partition coefficient (Wildman–Crippen LogP) is 5.44. The highest BCUT2D eigenvalue weighted by Crippen LogP contribution is 2.48. The molecule has 2 aliphatic rings. The molecule has 1 unspecified atom stereocenters. The van der Waals surface area contributed by atoms with Crippen molar-refractivity contribution >= 4 is 0 Å². The Labute approximate surface area is 160 Å². The molecular weight excluding hydrogens is 344 g/mol. The molecule has 2 aromatic carbocycles. The van der Waals surface area contributed by atoms with Crippen molar-refractivity contribution < 1.29 is 13.5 Å². The first kappa shape index (κ1) is 18.6. The Kier molecular flexibility index (Phi) is 5.55. The van der Waals surface area contributed by atoms with Gasteiger partial charge < -0.3 is 4.74 Å². The topological polar surface area (TPSA) is 12.5 Å². The van der Waals surface area contributed by atoms with Crippen LogP contribution in [0.15, 0.2) is 42.5 Å². The van der Waals surface area contributed by atoms with Crippen molar-refractivity contribution in [2.24, 2.45) is 5.92 Å². The van der Waals surface area contributed by atoms with E-state index < -0.39 is 11.6 Å². The van der Waals surface area contributed by atoms with Crippen molar-refractivity contribution in [3.8, 4) is 0 Å². The smallest absolute Gasteiger partial charge is 0.126 e. The average molecular weight is 371 g/mol. The van der Waals surface area contributed by atoms with Crippen molar-refractivity contribution in [2.75, 3.05) is 20.2 Å². The zero-order valence-electron chi connectivity index (χ0n) is 15.8. The summed E-state index contributed by atoms with van der Waals surface area (Å²) in [6.07, 6.45) is 4.36. The van der Waals surface area contributed by atoms with Crippen molar-refractivity contribution in [3.63, 3.8) is 0 Å². The fraction of sp³-hybridized carbons (Fsp3) is 0.478. The fourth-order valence-electron chi connectivity index (χ4n) is 4.62. The van der Waals surface area contributed by atoms with Gasteiger partial charge in [0, 0.05) is 19.7 Å². The van der Waals surface area contributed by atoms with E-state index >= 15 is 0 Å². The molecule has 27 heavy (non-hydrogen) atoms. The zero-order valence-corrected chi connectivity index (χ0v) is 15.8. The van der Waals surface area contributed by atoms with Crippen LogP contribution in [0.4, 0.5) is 8.78 Å². The number of methoxy groups -OCH3 is 1. The summed E-state index contributed by atoms with van der Waals surface area (Å²) < 4.78 is 32.7. The van der Waals surface area contributed by atoms with Crippen molar-refractivity contribution in [3.05, 3.63) is 70.8 Å². The van der Waals surface area contributed by atoms with E-state index in [-0.39, 0.29) is 6.10 Å².